The Labute approximate surface area is 149 Å². The molecule has 0 aliphatic heterocycles. The molecule has 0 amide bonds. The van der Waals surface area contributed by atoms with Crippen molar-refractivity contribution >= 4 is 38.4 Å². The molecule has 0 bridgehead atoms. The van der Waals surface area contributed by atoms with E-state index in [1.165, 1.54) is 4.70 Å². The Morgan fingerprint density at radius 2 is 1.92 bits per heavy atom. The van der Waals surface area contributed by atoms with Crippen LogP contribution in [-0.4, -0.2) is 22.1 Å². The normalized spacial score (nSPS) is 11.3. The molecule has 0 saturated carbocycles. The highest BCUT2D eigenvalue weighted by Gasteiger charge is 2.20. The van der Waals surface area contributed by atoms with E-state index in [9.17, 15) is 4.79 Å². The maximum atomic E-state index is 12.0. The summed E-state index contributed by atoms with van der Waals surface area (Å²) >= 11 is 1.68. The molecule has 0 fully saturated rings. The molecule has 0 aliphatic rings. The van der Waals surface area contributed by atoms with E-state index in [4.69, 9.17) is 9.72 Å². The minimum atomic E-state index is -0.220. The number of aromatic nitrogens is 2. The summed E-state index contributed by atoms with van der Waals surface area (Å²) < 4.78 is 8.33. The largest absolute Gasteiger partial charge is 0.465 e. The van der Waals surface area contributed by atoms with Gasteiger partial charge in [0.05, 0.1) is 16.8 Å². The van der Waals surface area contributed by atoms with Gasteiger partial charge in [-0.2, -0.15) is 0 Å². The predicted octanol–water partition coefficient (Wildman–Crippen LogP) is 4.79. The molecule has 0 aliphatic carbocycles. The lowest BCUT2D eigenvalue weighted by Crippen LogP contribution is -2.14. The lowest BCUT2D eigenvalue weighted by Gasteiger charge is -2.07. The Morgan fingerprint density at radius 1 is 1.16 bits per heavy atom. The van der Waals surface area contributed by atoms with E-state index >= 15 is 0 Å². The van der Waals surface area contributed by atoms with Crippen molar-refractivity contribution in [2.24, 2.45) is 0 Å². The third-order valence-electron chi connectivity index (χ3n) is 4.33. The third-order valence-corrected chi connectivity index (χ3v) is 5.39. The number of nitrogens with zero attached hydrogens (tertiary/aromatic N) is 2. The number of rotatable bonds is 4. The van der Waals surface area contributed by atoms with Gasteiger partial charge in [0, 0.05) is 22.2 Å². The first-order chi connectivity index (χ1) is 12.2. The molecule has 4 nitrogen and oxygen atoms in total. The Balaban J connectivity index is 1.91. The second-order valence-electron chi connectivity index (χ2n) is 5.86. The molecule has 0 radical (unpaired) electrons. The molecule has 126 valence electrons. The molecule has 2 aromatic heterocycles. The molecule has 2 aromatic carbocycles. The van der Waals surface area contributed by atoms with E-state index < -0.39 is 0 Å². The summed E-state index contributed by atoms with van der Waals surface area (Å²) in [4.78, 5) is 16.9. The molecule has 5 heteroatoms. The molecule has 0 N–H and O–H groups in total. The van der Waals surface area contributed by atoms with Crippen molar-refractivity contribution in [3.05, 3.63) is 54.2 Å². The minimum Gasteiger partial charge on any atom is -0.465 e. The van der Waals surface area contributed by atoms with Crippen LogP contribution in [0.2, 0.25) is 0 Å². The fourth-order valence-corrected chi connectivity index (χ4v) is 4.30. The van der Waals surface area contributed by atoms with Gasteiger partial charge in [0.25, 0.3) is 0 Å². The van der Waals surface area contributed by atoms with E-state index in [0.29, 0.717) is 6.61 Å². The second-order valence-corrected chi connectivity index (χ2v) is 6.89. The first-order valence-electron chi connectivity index (χ1n) is 8.28. The first-order valence-corrected chi connectivity index (χ1v) is 9.10. The van der Waals surface area contributed by atoms with Gasteiger partial charge in [0.1, 0.15) is 11.6 Å². The van der Waals surface area contributed by atoms with Crippen LogP contribution in [0.4, 0.5) is 0 Å². The number of carbonyl (C=O) groups is 1. The van der Waals surface area contributed by atoms with Crippen molar-refractivity contribution in [3.63, 3.8) is 0 Å². The fraction of sp³-hybridized carbons (Fsp3) is 0.200. The number of benzene rings is 2. The van der Waals surface area contributed by atoms with Crippen LogP contribution in [0.1, 0.15) is 12.6 Å². The molecule has 25 heavy (non-hydrogen) atoms. The van der Waals surface area contributed by atoms with Gasteiger partial charge in [-0.3, -0.25) is 4.79 Å². The van der Waals surface area contributed by atoms with E-state index in [1.807, 2.05) is 54.8 Å². The maximum Gasteiger partial charge on any atom is 0.325 e. The smallest absolute Gasteiger partial charge is 0.325 e. The van der Waals surface area contributed by atoms with Crippen LogP contribution in [0.3, 0.4) is 0 Å². The van der Waals surface area contributed by atoms with Crippen molar-refractivity contribution in [2.45, 2.75) is 20.4 Å². The predicted molar refractivity (Wildman–Crippen MR) is 102 cm³/mol. The first kappa shape index (κ1) is 15.8. The lowest BCUT2D eigenvalue weighted by molar-refractivity contribution is -0.143. The van der Waals surface area contributed by atoms with E-state index in [1.54, 1.807) is 11.3 Å². The van der Waals surface area contributed by atoms with E-state index in [2.05, 4.69) is 12.1 Å². The average Bonchev–Trinajstić information content (AvgIpc) is 3.14. The Hall–Kier alpha value is -2.66. The van der Waals surface area contributed by atoms with Gasteiger partial charge in [-0.1, -0.05) is 30.3 Å². The fourth-order valence-electron chi connectivity index (χ4n) is 3.22. The molecule has 0 atom stereocenters. The van der Waals surface area contributed by atoms with Crippen molar-refractivity contribution in [1.29, 1.82) is 0 Å². The number of ether oxygens (including phenoxy) is 1. The highest BCUT2D eigenvalue weighted by Crippen LogP contribution is 2.38. The SMILES string of the molecule is CCOC(=O)Cn1c(C)c(-c2nc3ccccc3s2)c2ccccc21. The Morgan fingerprint density at radius 3 is 2.72 bits per heavy atom. The zero-order valence-corrected chi connectivity index (χ0v) is 15.0. The zero-order valence-electron chi connectivity index (χ0n) is 14.2. The molecular formula is C20H18N2O2S. The van der Waals surface area contributed by atoms with E-state index in [0.717, 1.165) is 32.7 Å². The Kier molecular flexibility index (Phi) is 4.01. The molecule has 0 saturated heterocycles. The maximum absolute atomic E-state index is 12.0. The molecule has 0 unspecified atom stereocenters. The van der Waals surface area contributed by atoms with Gasteiger partial charge >= 0.3 is 5.97 Å². The average molecular weight is 350 g/mol. The monoisotopic (exact) mass is 350 g/mol. The summed E-state index contributed by atoms with van der Waals surface area (Å²) in [5, 5.41) is 2.10. The minimum absolute atomic E-state index is 0.213. The van der Waals surface area contributed by atoms with Gasteiger partial charge < -0.3 is 9.30 Å². The summed E-state index contributed by atoms with van der Waals surface area (Å²) in [6.45, 7) is 4.47. The third kappa shape index (κ3) is 2.70. The highest BCUT2D eigenvalue weighted by molar-refractivity contribution is 7.21. The van der Waals surface area contributed by atoms with E-state index in [-0.39, 0.29) is 12.5 Å². The summed E-state index contributed by atoms with van der Waals surface area (Å²) in [7, 11) is 0. The number of fused-ring (bicyclic) bond motifs is 2. The summed E-state index contributed by atoms with van der Waals surface area (Å²) in [6.07, 6.45) is 0. The quantitative estimate of drug-likeness (QED) is 0.497. The van der Waals surface area contributed by atoms with Gasteiger partial charge in [0.2, 0.25) is 0 Å². The van der Waals surface area contributed by atoms with Crippen molar-refractivity contribution in [2.75, 3.05) is 6.61 Å². The molecule has 0 spiro atoms. The summed E-state index contributed by atoms with van der Waals surface area (Å²) in [6, 6.07) is 16.3. The van der Waals surface area contributed by atoms with Gasteiger partial charge in [-0.25, -0.2) is 4.98 Å². The highest BCUT2D eigenvalue weighted by atomic mass is 32.1. The standard InChI is InChI=1S/C20H18N2O2S/c1-3-24-18(23)12-22-13(2)19(14-8-4-6-10-16(14)22)20-21-15-9-5-7-11-17(15)25-20/h4-11H,3,12H2,1-2H3. The molecular weight excluding hydrogens is 332 g/mol. The lowest BCUT2D eigenvalue weighted by atomic mass is 10.1. The van der Waals surface area contributed by atoms with Crippen LogP contribution in [0, 0.1) is 6.92 Å². The van der Waals surface area contributed by atoms with Crippen molar-refractivity contribution < 1.29 is 9.53 Å². The molecule has 4 rings (SSSR count). The number of thiazole rings is 1. The number of para-hydroxylation sites is 2. The number of hydrogen-bond donors (Lipinski definition) is 0. The van der Waals surface area contributed by atoms with Crippen LogP contribution in [0.15, 0.2) is 48.5 Å². The van der Waals surface area contributed by atoms with Crippen LogP contribution >= 0.6 is 11.3 Å². The number of carbonyl (C=O) groups excluding carboxylic acids is 1. The Bertz CT molecular complexity index is 1040. The van der Waals surface area contributed by atoms with Crippen molar-refractivity contribution in [1.82, 2.24) is 9.55 Å². The van der Waals surface area contributed by atoms with Gasteiger partial charge in [-0.15, -0.1) is 11.3 Å². The topological polar surface area (TPSA) is 44.1 Å². The molecule has 4 aromatic rings. The summed E-state index contributed by atoms with van der Waals surface area (Å²) in [5.41, 5.74) is 4.17. The zero-order chi connectivity index (χ0) is 17.4. The second kappa shape index (κ2) is 6.33. The van der Waals surface area contributed by atoms with Gasteiger partial charge in [-0.05, 0) is 32.0 Å². The molecule has 2 heterocycles. The number of hydrogen-bond acceptors (Lipinski definition) is 4. The van der Waals surface area contributed by atoms with Crippen LogP contribution in [-0.2, 0) is 16.1 Å². The number of esters is 1. The van der Waals surface area contributed by atoms with Crippen LogP contribution < -0.4 is 0 Å². The van der Waals surface area contributed by atoms with Crippen LogP contribution in [0.5, 0.6) is 0 Å². The summed E-state index contributed by atoms with van der Waals surface area (Å²) in [5.74, 6) is -0.220. The van der Waals surface area contributed by atoms with Crippen molar-refractivity contribution in [3.8, 4) is 10.6 Å². The van der Waals surface area contributed by atoms with Crippen LogP contribution in [0.25, 0.3) is 31.7 Å². The van der Waals surface area contributed by atoms with Gasteiger partial charge in [0.15, 0.2) is 0 Å².